The molecule has 2 aromatic carbocycles. The number of hydrogen-bond acceptors (Lipinski definition) is 5. The molecule has 0 spiro atoms. The van der Waals surface area contributed by atoms with Crippen molar-refractivity contribution in [2.75, 3.05) is 12.4 Å². The van der Waals surface area contributed by atoms with Crippen molar-refractivity contribution in [1.29, 1.82) is 0 Å². The first kappa shape index (κ1) is 19.5. The zero-order valence-electron chi connectivity index (χ0n) is 16.8. The van der Waals surface area contributed by atoms with Crippen molar-refractivity contribution in [2.45, 2.75) is 43.1 Å². The molecule has 0 saturated heterocycles. The average Bonchev–Trinajstić information content (AvgIpc) is 3.49. The van der Waals surface area contributed by atoms with E-state index in [1.165, 1.54) is 11.8 Å². The molecule has 1 aliphatic rings. The second-order valence-electron chi connectivity index (χ2n) is 7.23. The Hall–Kier alpha value is -2.80. The number of anilines is 1. The summed E-state index contributed by atoms with van der Waals surface area (Å²) in [5.41, 5.74) is 2.64. The maximum atomic E-state index is 13.4. The number of aryl methyl sites for hydroxylation is 2. The molecular weight excluding hydrogens is 384 g/mol. The van der Waals surface area contributed by atoms with Crippen LogP contribution in [0.5, 0.6) is 5.75 Å². The monoisotopic (exact) mass is 408 g/mol. The Morgan fingerprint density at radius 1 is 1.17 bits per heavy atom. The quantitative estimate of drug-likeness (QED) is 0.574. The number of rotatable bonds is 7. The van der Waals surface area contributed by atoms with Gasteiger partial charge in [-0.15, -0.1) is 10.2 Å². The predicted molar refractivity (Wildman–Crippen MR) is 114 cm³/mol. The summed E-state index contributed by atoms with van der Waals surface area (Å²) in [7, 11) is 1.60. The van der Waals surface area contributed by atoms with Crippen LogP contribution in [0.15, 0.2) is 53.7 Å². The Morgan fingerprint density at radius 3 is 2.62 bits per heavy atom. The van der Waals surface area contributed by atoms with Crippen molar-refractivity contribution in [2.24, 2.45) is 0 Å². The molecule has 150 valence electrons. The molecule has 0 aliphatic heterocycles. The Morgan fingerprint density at radius 2 is 1.93 bits per heavy atom. The van der Waals surface area contributed by atoms with Crippen LogP contribution in [0.1, 0.15) is 41.1 Å². The Labute approximate surface area is 174 Å². The smallest absolute Gasteiger partial charge is 0.242 e. The number of carbonyl (C=O) groups is 1. The van der Waals surface area contributed by atoms with Gasteiger partial charge in [-0.05, 0) is 49.9 Å². The minimum atomic E-state index is -0.456. The summed E-state index contributed by atoms with van der Waals surface area (Å²) in [6.07, 6.45) is 2.27. The molecule has 4 rings (SSSR count). The van der Waals surface area contributed by atoms with Crippen molar-refractivity contribution < 1.29 is 9.53 Å². The Balaban J connectivity index is 1.65. The van der Waals surface area contributed by atoms with Gasteiger partial charge in [0.25, 0.3) is 0 Å². The van der Waals surface area contributed by atoms with E-state index < -0.39 is 5.25 Å². The fraction of sp³-hybridized carbons (Fsp3) is 0.318. The van der Waals surface area contributed by atoms with E-state index >= 15 is 0 Å². The number of carbonyl (C=O) groups excluding carboxylic acids is 1. The van der Waals surface area contributed by atoms with Gasteiger partial charge in [-0.1, -0.05) is 48.2 Å². The number of methoxy groups -OCH3 is 1. The molecular formula is C22H24N4O2S. The molecule has 1 aromatic heterocycles. The molecule has 1 amide bonds. The summed E-state index contributed by atoms with van der Waals surface area (Å²) in [4.78, 5) is 13.4. The number of aromatic nitrogens is 3. The van der Waals surface area contributed by atoms with Crippen molar-refractivity contribution >= 4 is 23.4 Å². The van der Waals surface area contributed by atoms with Gasteiger partial charge in [0.2, 0.25) is 5.91 Å². The SMILES string of the molecule is COc1ccc(C)cc1NC(=O)C(Sc1nnc(C)n1C1CC1)c1ccccc1. The highest BCUT2D eigenvalue weighted by Crippen LogP contribution is 2.42. The number of thioether (sulfide) groups is 1. The predicted octanol–water partition coefficient (Wildman–Crippen LogP) is 4.71. The van der Waals surface area contributed by atoms with E-state index in [4.69, 9.17) is 4.74 Å². The molecule has 29 heavy (non-hydrogen) atoms. The summed E-state index contributed by atoms with van der Waals surface area (Å²) >= 11 is 1.44. The van der Waals surface area contributed by atoms with Gasteiger partial charge in [0.05, 0.1) is 12.8 Å². The number of ether oxygens (including phenoxy) is 1. The highest BCUT2D eigenvalue weighted by Gasteiger charge is 2.31. The molecule has 6 nitrogen and oxygen atoms in total. The van der Waals surface area contributed by atoms with Gasteiger partial charge in [0.15, 0.2) is 5.16 Å². The van der Waals surface area contributed by atoms with E-state index in [0.29, 0.717) is 17.5 Å². The average molecular weight is 409 g/mol. The third kappa shape index (κ3) is 4.29. The van der Waals surface area contributed by atoms with Crippen LogP contribution >= 0.6 is 11.8 Å². The fourth-order valence-corrected chi connectivity index (χ4v) is 4.46. The third-order valence-corrected chi connectivity index (χ3v) is 6.13. The van der Waals surface area contributed by atoms with Gasteiger partial charge in [-0.3, -0.25) is 4.79 Å². The van der Waals surface area contributed by atoms with Gasteiger partial charge in [-0.2, -0.15) is 0 Å². The van der Waals surface area contributed by atoms with Gasteiger partial charge in [-0.25, -0.2) is 0 Å². The van der Waals surface area contributed by atoms with Crippen LogP contribution < -0.4 is 10.1 Å². The molecule has 0 radical (unpaired) electrons. The van der Waals surface area contributed by atoms with E-state index in [9.17, 15) is 4.79 Å². The number of nitrogens with one attached hydrogen (secondary N) is 1. The second-order valence-corrected chi connectivity index (χ2v) is 8.30. The zero-order valence-corrected chi connectivity index (χ0v) is 17.6. The topological polar surface area (TPSA) is 69.0 Å². The van der Waals surface area contributed by atoms with E-state index in [1.807, 2.05) is 62.4 Å². The van der Waals surface area contributed by atoms with Crippen LogP contribution in [0.3, 0.4) is 0 Å². The van der Waals surface area contributed by atoms with E-state index in [2.05, 4.69) is 20.1 Å². The van der Waals surface area contributed by atoms with Crippen molar-refractivity contribution in [3.63, 3.8) is 0 Å². The largest absolute Gasteiger partial charge is 0.495 e. The summed E-state index contributed by atoms with van der Waals surface area (Å²) in [6.45, 7) is 3.95. The first-order chi connectivity index (χ1) is 14.1. The van der Waals surface area contributed by atoms with Crippen LogP contribution in [0, 0.1) is 13.8 Å². The molecule has 0 bridgehead atoms. The van der Waals surface area contributed by atoms with Crippen LogP contribution in [0.25, 0.3) is 0 Å². The van der Waals surface area contributed by atoms with Gasteiger partial charge in [0, 0.05) is 6.04 Å². The lowest BCUT2D eigenvalue weighted by molar-refractivity contribution is -0.115. The number of benzene rings is 2. The minimum Gasteiger partial charge on any atom is -0.495 e. The summed E-state index contributed by atoms with van der Waals surface area (Å²) in [5.74, 6) is 1.41. The van der Waals surface area contributed by atoms with Crippen molar-refractivity contribution in [3.05, 3.63) is 65.5 Å². The Bertz CT molecular complexity index is 1010. The number of amides is 1. The normalized spacial score (nSPS) is 14.4. The molecule has 3 aromatic rings. The molecule has 1 fully saturated rings. The molecule has 1 atom stereocenters. The minimum absolute atomic E-state index is 0.118. The highest BCUT2D eigenvalue weighted by molar-refractivity contribution is 8.00. The standard InChI is InChI=1S/C22H24N4O2S/c1-14-9-12-19(28-3)18(13-14)23-21(27)20(16-7-5-4-6-8-16)29-22-25-24-15(2)26(22)17-10-11-17/h4-9,12-13,17,20H,10-11H2,1-3H3,(H,23,27). The van der Waals surface area contributed by atoms with E-state index in [-0.39, 0.29) is 5.91 Å². The molecule has 1 heterocycles. The van der Waals surface area contributed by atoms with Crippen LogP contribution in [-0.2, 0) is 4.79 Å². The lowest BCUT2D eigenvalue weighted by atomic mass is 10.1. The maximum absolute atomic E-state index is 13.4. The first-order valence-electron chi connectivity index (χ1n) is 9.65. The number of nitrogens with zero attached hydrogens (tertiary/aromatic N) is 3. The first-order valence-corrected chi connectivity index (χ1v) is 10.5. The number of hydrogen-bond donors (Lipinski definition) is 1. The Kier molecular flexibility index (Phi) is 5.58. The van der Waals surface area contributed by atoms with Crippen molar-refractivity contribution in [3.8, 4) is 5.75 Å². The van der Waals surface area contributed by atoms with Crippen LogP contribution in [0.4, 0.5) is 5.69 Å². The fourth-order valence-electron chi connectivity index (χ4n) is 3.31. The van der Waals surface area contributed by atoms with E-state index in [1.54, 1.807) is 7.11 Å². The molecule has 1 unspecified atom stereocenters. The summed E-state index contributed by atoms with van der Waals surface area (Å²) in [5, 5.41) is 12.0. The lowest BCUT2D eigenvalue weighted by Crippen LogP contribution is -2.20. The van der Waals surface area contributed by atoms with Gasteiger partial charge in [0.1, 0.15) is 16.8 Å². The molecule has 7 heteroatoms. The second kappa shape index (κ2) is 8.29. The van der Waals surface area contributed by atoms with Gasteiger partial charge >= 0.3 is 0 Å². The van der Waals surface area contributed by atoms with Crippen LogP contribution in [0.2, 0.25) is 0 Å². The summed E-state index contributed by atoms with van der Waals surface area (Å²) < 4.78 is 7.57. The molecule has 1 N–H and O–H groups in total. The van der Waals surface area contributed by atoms with Crippen molar-refractivity contribution in [1.82, 2.24) is 14.8 Å². The maximum Gasteiger partial charge on any atom is 0.242 e. The lowest BCUT2D eigenvalue weighted by Gasteiger charge is -2.18. The van der Waals surface area contributed by atoms with E-state index in [0.717, 1.165) is 34.9 Å². The van der Waals surface area contributed by atoms with Gasteiger partial charge < -0.3 is 14.6 Å². The highest BCUT2D eigenvalue weighted by atomic mass is 32.2. The van der Waals surface area contributed by atoms with Crippen LogP contribution in [-0.4, -0.2) is 27.8 Å². The molecule has 1 saturated carbocycles. The zero-order chi connectivity index (χ0) is 20.4. The third-order valence-electron chi connectivity index (χ3n) is 4.92. The summed E-state index contributed by atoms with van der Waals surface area (Å²) in [6, 6.07) is 16.0. The molecule has 1 aliphatic carbocycles.